The number of ether oxygens (including phenoxy) is 1. The van der Waals surface area contributed by atoms with Gasteiger partial charge in [0.15, 0.2) is 0 Å². The summed E-state index contributed by atoms with van der Waals surface area (Å²) >= 11 is 0. The Morgan fingerprint density at radius 3 is 2.50 bits per heavy atom. The molecule has 3 rings (SSSR count). The van der Waals surface area contributed by atoms with Crippen molar-refractivity contribution in [1.29, 1.82) is 0 Å². The molecular formula is C22H34F2O4. The summed E-state index contributed by atoms with van der Waals surface area (Å²) in [5, 5.41) is 20.5. The van der Waals surface area contributed by atoms with E-state index in [1.165, 1.54) is 6.92 Å². The maximum atomic E-state index is 13.5. The number of aliphatic hydroxyl groups excluding tert-OH is 2. The molecule has 0 spiro atoms. The van der Waals surface area contributed by atoms with Gasteiger partial charge in [0.1, 0.15) is 0 Å². The number of hydrogen-bond acceptors (Lipinski definition) is 4. The van der Waals surface area contributed by atoms with Crippen LogP contribution in [0.2, 0.25) is 0 Å². The molecule has 3 aliphatic carbocycles. The van der Waals surface area contributed by atoms with E-state index in [2.05, 4.69) is 6.92 Å². The molecule has 0 amide bonds. The third-order valence-electron chi connectivity index (χ3n) is 8.50. The Hall–Kier alpha value is -1.01. The van der Waals surface area contributed by atoms with Gasteiger partial charge in [0.05, 0.1) is 12.7 Å². The van der Waals surface area contributed by atoms with Crippen LogP contribution in [0, 0.1) is 34.5 Å². The molecule has 3 aliphatic rings. The van der Waals surface area contributed by atoms with E-state index < -0.39 is 17.6 Å². The molecule has 0 bridgehead atoms. The Morgan fingerprint density at radius 1 is 1.18 bits per heavy atom. The molecule has 0 aromatic heterocycles. The summed E-state index contributed by atoms with van der Waals surface area (Å²) in [4.78, 5) is 11.4. The summed E-state index contributed by atoms with van der Waals surface area (Å²) in [6.07, 6.45) is 2.69. The molecular weight excluding hydrogens is 366 g/mol. The van der Waals surface area contributed by atoms with Crippen molar-refractivity contribution in [3.8, 4) is 0 Å². The fourth-order valence-corrected chi connectivity index (χ4v) is 6.85. The van der Waals surface area contributed by atoms with Crippen LogP contribution >= 0.6 is 0 Å². The lowest BCUT2D eigenvalue weighted by atomic mass is 9.49. The number of allylic oxidation sites excluding steroid dienone is 1. The maximum absolute atomic E-state index is 13.5. The lowest BCUT2D eigenvalue weighted by Gasteiger charge is -2.56. The molecule has 2 N–H and O–H groups in total. The van der Waals surface area contributed by atoms with Gasteiger partial charge in [0.25, 0.3) is 6.08 Å². The fourth-order valence-electron chi connectivity index (χ4n) is 6.85. The van der Waals surface area contributed by atoms with Crippen LogP contribution < -0.4 is 0 Å². The zero-order chi connectivity index (χ0) is 20.7. The molecule has 3 fully saturated rings. The Balaban J connectivity index is 1.89. The second-order valence-corrected chi connectivity index (χ2v) is 9.73. The summed E-state index contributed by atoms with van der Waals surface area (Å²) in [7, 11) is 0. The van der Waals surface area contributed by atoms with Gasteiger partial charge in [-0.05, 0) is 73.5 Å². The van der Waals surface area contributed by atoms with E-state index in [1.807, 2.05) is 6.92 Å². The largest absolute Gasteiger partial charge is 0.466 e. The fraction of sp³-hybridized carbons (Fsp3) is 0.864. The number of rotatable bonds is 4. The van der Waals surface area contributed by atoms with Crippen molar-refractivity contribution in [2.45, 2.75) is 71.8 Å². The van der Waals surface area contributed by atoms with Gasteiger partial charge in [-0.15, -0.1) is 0 Å². The molecule has 0 heterocycles. The van der Waals surface area contributed by atoms with Crippen molar-refractivity contribution < 1.29 is 28.5 Å². The molecule has 28 heavy (non-hydrogen) atoms. The third kappa shape index (κ3) is 3.62. The van der Waals surface area contributed by atoms with E-state index in [0.29, 0.717) is 32.1 Å². The monoisotopic (exact) mass is 400 g/mol. The van der Waals surface area contributed by atoms with Gasteiger partial charge in [-0.1, -0.05) is 13.8 Å². The molecule has 0 saturated heterocycles. The van der Waals surface area contributed by atoms with E-state index >= 15 is 0 Å². The number of fused-ring (bicyclic) bond motifs is 1. The molecule has 0 aromatic rings. The number of hydrogen-bond donors (Lipinski definition) is 2. The van der Waals surface area contributed by atoms with Crippen molar-refractivity contribution in [2.75, 3.05) is 13.2 Å². The molecule has 3 saturated carbocycles. The average Bonchev–Trinajstić information content (AvgIpc) is 2.99. The van der Waals surface area contributed by atoms with Crippen LogP contribution in [0.25, 0.3) is 0 Å². The summed E-state index contributed by atoms with van der Waals surface area (Å²) in [5.74, 6) is -0.147. The predicted octanol–water partition coefficient (Wildman–Crippen LogP) is 4.30. The van der Waals surface area contributed by atoms with E-state index in [4.69, 9.17) is 4.74 Å². The predicted molar refractivity (Wildman–Crippen MR) is 101 cm³/mol. The van der Waals surface area contributed by atoms with E-state index in [9.17, 15) is 23.8 Å². The van der Waals surface area contributed by atoms with E-state index in [-0.39, 0.29) is 53.8 Å². The van der Waals surface area contributed by atoms with Gasteiger partial charge < -0.3 is 14.9 Å². The first-order valence-electron chi connectivity index (χ1n) is 10.6. The number of carbonyl (C=O) groups is 1. The smallest absolute Gasteiger partial charge is 0.302 e. The van der Waals surface area contributed by atoms with Crippen LogP contribution in [0.5, 0.6) is 0 Å². The minimum atomic E-state index is -1.54. The molecule has 6 heteroatoms. The second-order valence-electron chi connectivity index (χ2n) is 9.73. The Labute approximate surface area is 166 Å². The van der Waals surface area contributed by atoms with Crippen molar-refractivity contribution in [2.24, 2.45) is 34.5 Å². The van der Waals surface area contributed by atoms with Gasteiger partial charge in [-0.25, -0.2) is 0 Å². The van der Waals surface area contributed by atoms with Crippen molar-refractivity contribution in [3.63, 3.8) is 0 Å². The number of esters is 1. The molecule has 4 nitrogen and oxygen atoms in total. The summed E-state index contributed by atoms with van der Waals surface area (Å²) in [5.41, 5.74) is -0.432. The zero-order valence-electron chi connectivity index (χ0n) is 17.2. The zero-order valence-corrected chi connectivity index (χ0v) is 17.2. The van der Waals surface area contributed by atoms with Crippen LogP contribution in [0.1, 0.15) is 65.7 Å². The lowest BCUT2D eigenvalue weighted by Crippen LogP contribution is -2.52. The van der Waals surface area contributed by atoms with Crippen LogP contribution in [0.3, 0.4) is 0 Å². The normalized spacial score (nSPS) is 43.5. The average molecular weight is 401 g/mol. The summed E-state index contributed by atoms with van der Waals surface area (Å²) in [6.45, 7) is 5.77. The van der Waals surface area contributed by atoms with Gasteiger partial charge in [0.2, 0.25) is 0 Å². The first-order chi connectivity index (χ1) is 13.1. The summed E-state index contributed by atoms with van der Waals surface area (Å²) in [6, 6.07) is 0. The van der Waals surface area contributed by atoms with E-state index in [0.717, 1.165) is 12.8 Å². The van der Waals surface area contributed by atoms with Crippen LogP contribution in [0.4, 0.5) is 8.78 Å². The maximum Gasteiger partial charge on any atom is 0.302 e. The number of carbonyl (C=O) groups excluding carboxylic acids is 1. The highest BCUT2D eigenvalue weighted by Crippen LogP contribution is 2.64. The standard InChI is InChI=1S/C22H34F2O4/c1-13(26)28-12-14-10-15(27)6-8-21(14,2)18-7-9-22(3)17(16(18)11-25)4-5-19(22)20(23)24/h14-18,25,27H,4-12H2,1-3H3/t14-,15+,16+,17?,18?,21+,22+/m1/s1. The van der Waals surface area contributed by atoms with Crippen molar-refractivity contribution >= 4 is 5.97 Å². The van der Waals surface area contributed by atoms with Crippen LogP contribution in [0.15, 0.2) is 11.7 Å². The van der Waals surface area contributed by atoms with Crippen LogP contribution in [-0.2, 0) is 9.53 Å². The highest BCUT2D eigenvalue weighted by Gasteiger charge is 2.57. The van der Waals surface area contributed by atoms with Crippen LogP contribution in [-0.4, -0.2) is 35.5 Å². The first kappa shape index (κ1) is 21.7. The highest BCUT2D eigenvalue weighted by molar-refractivity contribution is 5.65. The highest BCUT2D eigenvalue weighted by atomic mass is 19.3. The molecule has 0 aromatic carbocycles. The van der Waals surface area contributed by atoms with Crippen molar-refractivity contribution in [1.82, 2.24) is 0 Å². The Morgan fingerprint density at radius 2 is 1.89 bits per heavy atom. The van der Waals surface area contributed by atoms with Gasteiger partial charge >= 0.3 is 5.97 Å². The van der Waals surface area contributed by atoms with Gasteiger partial charge in [-0.3, -0.25) is 4.79 Å². The number of halogens is 2. The Bertz CT molecular complexity index is 632. The lowest BCUT2D eigenvalue weighted by molar-refractivity contribution is -0.150. The van der Waals surface area contributed by atoms with Crippen molar-refractivity contribution in [3.05, 3.63) is 11.7 Å². The molecule has 7 atom stereocenters. The molecule has 2 unspecified atom stereocenters. The number of aliphatic hydroxyl groups is 2. The quantitative estimate of drug-likeness (QED) is 0.691. The second kappa shape index (κ2) is 8.02. The Kier molecular flexibility index (Phi) is 6.21. The first-order valence-corrected chi connectivity index (χ1v) is 10.6. The van der Waals surface area contributed by atoms with E-state index in [1.54, 1.807) is 0 Å². The minimum Gasteiger partial charge on any atom is -0.466 e. The molecule has 0 radical (unpaired) electrons. The topological polar surface area (TPSA) is 66.8 Å². The van der Waals surface area contributed by atoms with Gasteiger partial charge in [0, 0.05) is 25.0 Å². The molecule has 160 valence electrons. The summed E-state index contributed by atoms with van der Waals surface area (Å²) < 4.78 is 32.4. The third-order valence-corrected chi connectivity index (χ3v) is 8.50. The van der Waals surface area contributed by atoms with Gasteiger partial charge in [-0.2, -0.15) is 8.78 Å². The SMILES string of the molecule is CC(=O)OC[C@H]1C[C@@H](O)CC[C@]1(C)C1CC[C@]2(C)C(=C(F)F)CCC2[C@@H]1CO. The molecule has 0 aliphatic heterocycles. The minimum absolute atomic E-state index is 0.00939.